The van der Waals surface area contributed by atoms with Crippen molar-refractivity contribution >= 4 is 22.5 Å². The number of amides is 1. The molecular formula is C23H25FN4O3. The molecule has 3 aromatic rings. The van der Waals surface area contributed by atoms with Gasteiger partial charge in [0.1, 0.15) is 5.82 Å². The molecule has 0 radical (unpaired) electrons. The summed E-state index contributed by atoms with van der Waals surface area (Å²) >= 11 is 0. The molecule has 162 valence electrons. The maximum Gasteiger partial charge on any atom is 0.275 e. The molecule has 0 aliphatic carbocycles. The van der Waals surface area contributed by atoms with E-state index in [2.05, 4.69) is 14.9 Å². The number of benzene rings is 1. The summed E-state index contributed by atoms with van der Waals surface area (Å²) < 4.78 is 15.0. The summed E-state index contributed by atoms with van der Waals surface area (Å²) in [5.41, 5.74) is 3.92. The third kappa shape index (κ3) is 4.50. The lowest BCUT2D eigenvalue weighted by Crippen LogP contribution is -2.34. The van der Waals surface area contributed by atoms with Crippen LogP contribution in [0.1, 0.15) is 36.0 Å². The molecule has 4 rings (SSSR count). The Morgan fingerprint density at radius 3 is 2.74 bits per heavy atom. The first-order chi connectivity index (χ1) is 15.1. The number of carbonyl (C=O) groups excluding carboxylic acids is 1. The van der Waals surface area contributed by atoms with Crippen LogP contribution >= 0.6 is 0 Å². The number of halogens is 1. The van der Waals surface area contributed by atoms with Gasteiger partial charge in [-0.3, -0.25) is 15.0 Å². The summed E-state index contributed by atoms with van der Waals surface area (Å²) in [6.45, 7) is 1.79. The highest BCUT2D eigenvalue weighted by Gasteiger charge is 2.22. The summed E-state index contributed by atoms with van der Waals surface area (Å²) in [4.78, 5) is 22.7. The number of anilines is 1. The lowest BCUT2D eigenvalue weighted by atomic mass is 9.92. The van der Waals surface area contributed by atoms with Crippen LogP contribution in [0.2, 0.25) is 0 Å². The molecule has 0 spiro atoms. The Labute approximate surface area is 179 Å². The molecule has 1 aliphatic heterocycles. The lowest BCUT2D eigenvalue weighted by Gasteiger charge is -2.34. The van der Waals surface area contributed by atoms with Gasteiger partial charge in [-0.05, 0) is 55.9 Å². The number of fused-ring (bicyclic) bond motifs is 1. The molecular weight excluding hydrogens is 399 g/mol. The Bertz CT molecular complexity index is 1080. The van der Waals surface area contributed by atoms with Gasteiger partial charge in [-0.25, -0.2) is 14.9 Å². The molecule has 0 atom stereocenters. The van der Waals surface area contributed by atoms with Gasteiger partial charge >= 0.3 is 0 Å². The molecule has 7 nitrogen and oxygen atoms in total. The monoisotopic (exact) mass is 424 g/mol. The number of hydrogen-bond acceptors (Lipinski definition) is 6. The molecule has 1 amide bonds. The average molecular weight is 424 g/mol. The van der Waals surface area contributed by atoms with Crippen LogP contribution in [0.15, 0.2) is 42.7 Å². The number of piperidine rings is 1. The van der Waals surface area contributed by atoms with E-state index in [0.717, 1.165) is 38.8 Å². The van der Waals surface area contributed by atoms with Crippen LogP contribution in [0.3, 0.4) is 0 Å². The number of aliphatic hydroxyl groups is 1. The van der Waals surface area contributed by atoms with Gasteiger partial charge in [0.25, 0.3) is 5.91 Å². The van der Waals surface area contributed by atoms with E-state index in [0.29, 0.717) is 33.8 Å². The quantitative estimate of drug-likeness (QED) is 0.414. The van der Waals surface area contributed by atoms with Gasteiger partial charge < -0.3 is 10.0 Å². The van der Waals surface area contributed by atoms with E-state index in [-0.39, 0.29) is 18.0 Å². The first kappa shape index (κ1) is 21.1. The molecule has 1 saturated heterocycles. The third-order valence-electron chi connectivity index (χ3n) is 5.93. The first-order valence-electron chi connectivity index (χ1n) is 10.5. The number of hydroxylamine groups is 1. The Balaban J connectivity index is 1.60. The zero-order valence-corrected chi connectivity index (χ0v) is 17.1. The topological polar surface area (TPSA) is 98.6 Å². The van der Waals surface area contributed by atoms with E-state index in [9.17, 15) is 4.79 Å². The van der Waals surface area contributed by atoms with Crippen LogP contribution in [0, 0.1) is 11.7 Å². The number of hydrogen-bond donors (Lipinski definition) is 3. The molecule has 1 fully saturated rings. The summed E-state index contributed by atoms with van der Waals surface area (Å²) in [6.07, 6.45) is 6.87. The highest BCUT2D eigenvalue weighted by atomic mass is 19.1. The molecule has 3 heterocycles. The van der Waals surface area contributed by atoms with Crippen LogP contribution in [-0.2, 0) is 0 Å². The highest BCUT2D eigenvalue weighted by molar-refractivity contribution is 6.06. The van der Waals surface area contributed by atoms with Gasteiger partial charge in [0.05, 0.1) is 22.5 Å². The van der Waals surface area contributed by atoms with E-state index >= 15 is 4.39 Å². The normalized spacial score (nSPS) is 14.7. The van der Waals surface area contributed by atoms with Gasteiger partial charge in [-0.2, -0.15) is 0 Å². The number of pyridine rings is 2. The Morgan fingerprint density at radius 1 is 1.23 bits per heavy atom. The first-order valence-corrected chi connectivity index (χ1v) is 10.5. The number of aromatic nitrogens is 2. The van der Waals surface area contributed by atoms with Crippen molar-refractivity contribution in [2.75, 3.05) is 24.6 Å². The van der Waals surface area contributed by atoms with Gasteiger partial charge in [0, 0.05) is 43.0 Å². The van der Waals surface area contributed by atoms with Crippen molar-refractivity contribution in [3.63, 3.8) is 0 Å². The van der Waals surface area contributed by atoms with Gasteiger partial charge in [-0.1, -0.05) is 6.07 Å². The summed E-state index contributed by atoms with van der Waals surface area (Å²) in [5, 5.41) is 18.6. The average Bonchev–Trinajstić information content (AvgIpc) is 2.82. The molecule has 8 heteroatoms. The van der Waals surface area contributed by atoms with Crippen molar-refractivity contribution < 1.29 is 19.5 Å². The third-order valence-corrected chi connectivity index (χ3v) is 5.93. The maximum atomic E-state index is 15.0. The molecule has 1 aliphatic rings. The van der Waals surface area contributed by atoms with Crippen LogP contribution in [0.25, 0.3) is 22.2 Å². The molecule has 1 aromatic carbocycles. The number of aliphatic hydroxyl groups excluding tert-OH is 1. The molecule has 0 bridgehead atoms. The molecule has 3 N–H and O–H groups in total. The SMILES string of the molecule is O=C(NO)c1cc(-c2ccc(N3CCC(CCCO)CC3)c(F)c2)nc2ccncc12. The van der Waals surface area contributed by atoms with Crippen molar-refractivity contribution in [3.05, 3.63) is 54.1 Å². The van der Waals surface area contributed by atoms with Crippen molar-refractivity contribution in [2.45, 2.75) is 25.7 Å². The minimum Gasteiger partial charge on any atom is -0.396 e. The van der Waals surface area contributed by atoms with Crippen LogP contribution < -0.4 is 10.4 Å². The van der Waals surface area contributed by atoms with Crippen molar-refractivity contribution in [1.82, 2.24) is 15.4 Å². The Kier molecular flexibility index (Phi) is 6.39. The van der Waals surface area contributed by atoms with Gasteiger partial charge in [0.2, 0.25) is 0 Å². The Hall–Kier alpha value is -3.10. The maximum absolute atomic E-state index is 15.0. The van der Waals surface area contributed by atoms with Crippen LogP contribution in [-0.4, -0.2) is 45.9 Å². The summed E-state index contributed by atoms with van der Waals surface area (Å²) in [7, 11) is 0. The number of nitrogens with zero attached hydrogens (tertiary/aromatic N) is 3. The summed E-state index contributed by atoms with van der Waals surface area (Å²) in [5.74, 6) is -0.433. The van der Waals surface area contributed by atoms with Crippen molar-refractivity contribution in [1.29, 1.82) is 0 Å². The zero-order chi connectivity index (χ0) is 21.8. The van der Waals surface area contributed by atoms with Gasteiger partial charge in [0.15, 0.2) is 0 Å². The van der Waals surface area contributed by atoms with Crippen molar-refractivity contribution in [2.24, 2.45) is 5.92 Å². The van der Waals surface area contributed by atoms with E-state index in [1.165, 1.54) is 18.3 Å². The minimum atomic E-state index is -0.678. The number of carbonyl (C=O) groups is 1. The lowest BCUT2D eigenvalue weighted by molar-refractivity contribution is 0.0708. The second kappa shape index (κ2) is 9.36. The van der Waals surface area contributed by atoms with Crippen LogP contribution in [0.4, 0.5) is 10.1 Å². The smallest absolute Gasteiger partial charge is 0.275 e. The molecule has 0 unspecified atom stereocenters. The predicted molar refractivity (Wildman–Crippen MR) is 115 cm³/mol. The van der Waals surface area contributed by atoms with E-state index in [4.69, 9.17) is 10.3 Å². The van der Waals surface area contributed by atoms with Gasteiger partial charge in [-0.15, -0.1) is 0 Å². The molecule has 2 aromatic heterocycles. The fourth-order valence-corrected chi connectivity index (χ4v) is 4.23. The van der Waals surface area contributed by atoms with E-state index in [1.54, 1.807) is 29.9 Å². The Morgan fingerprint density at radius 2 is 2.03 bits per heavy atom. The zero-order valence-electron chi connectivity index (χ0n) is 17.1. The number of rotatable bonds is 6. The fraction of sp³-hybridized carbons (Fsp3) is 0.348. The predicted octanol–water partition coefficient (Wildman–Crippen LogP) is 3.54. The van der Waals surface area contributed by atoms with E-state index in [1.807, 2.05) is 0 Å². The van der Waals surface area contributed by atoms with Crippen LogP contribution in [0.5, 0.6) is 0 Å². The molecule has 0 saturated carbocycles. The van der Waals surface area contributed by atoms with E-state index < -0.39 is 5.91 Å². The molecule has 31 heavy (non-hydrogen) atoms. The highest BCUT2D eigenvalue weighted by Crippen LogP contribution is 2.31. The minimum absolute atomic E-state index is 0.213. The fourth-order valence-electron chi connectivity index (χ4n) is 4.23. The summed E-state index contributed by atoms with van der Waals surface area (Å²) in [6, 6.07) is 8.17. The van der Waals surface area contributed by atoms with Crippen molar-refractivity contribution in [3.8, 4) is 11.3 Å². The second-order valence-electron chi connectivity index (χ2n) is 7.85. The number of nitrogens with one attached hydrogen (secondary N) is 1. The second-order valence-corrected chi connectivity index (χ2v) is 7.85. The standard InChI is InChI=1S/C23H25FN4O3/c24-19-12-16(3-4-22(19)28-9-6-15(7-10-28)2-1-11-29)21-13-17(23(30)27-31)18-14-25-8-5-20(18)26-21/h3-5,8,12-15,29,31H,1-2,6-7,9-11H2,(H,27,30). The largest absolute Gasteiger partial charge is 0.396 e.